The van der Waals surface area contributed by atoms with Gasteiger partial charge in [-0.2, -0.15) is 0 Å². The van der Waals surface area contributed by atoms with Crippen molar-refractivity contribution in [3.8, 4) is 5.75 Å². The van der Waals surface area contributed by atoms with Crippen LogP contribution in [0.25, 0.3) is 0 Å². The molecule has 1 aliphatic rings. The summed E-state index contributed by atoms with van der Waals surface area (Å²) in [7, 11) is 1.67. The molecule has 0 aliphatic heterocycles. The van der Waals surface area contributed by atoms with Crippen molar-refractivity contribution in [1.29, 1.82) is 0 Å². The predicted molar refractivity (Wildman–Crippen MR) is 165 cm³/mol. The second-order valence-electron chi connectivity index (χ2n) is 10.7. The number of para-hydroxylation sites is 1. The molecule has 3 amide bonds. The van der Waals surface area contributed by atoms with Crippen molar-refractivity contribution in [3.63, 3.8) is 0 Å². The van der Waals surface area contributed by atoms with Crippen LogP contribution in [0.5, 0.6) is 5.75 Å². The first-order chi connectivity index (χ1) is 20.9. The molecule has 0 aromatic heterocycles. The fourth-order valence-corrected chi connectivity index (χ4v) is 5.88. The van der Waals surface area contributed by atoms with Crippen LogP contribution in [0.3, 0.4) is 0 Å². The van der Waals surface area contributed by atoms with Gasteiger partial charge in [-0.1, -0.05) is 78.9 Å². The van der Waals surface area contributed by atoms with E-state index >= 15 is 0 Å². The largest absolute Gasteiger partial charge is 0.496 e. The Hall–Kier alpha value is -5.11. The third-order valence-corrected chi connectivity index (χ3v) is 7.90. The summed E-state index contributed by atoms with van der Waals surface area (Å²) in [4.78, 5) is 40.0. The van der Waals surface area contributed by atoms with Crippen LogP contribution in [0.2, 0.25) is 0 Å². The molecule has 0 saturated heterocycles. The molecular weight excluding hydrogens is 542 g/mol. The molecule has 8 nitrogen and oxygen atoms in total. The number of hydrogen-bond donors (Lipinski definition) is 3. The van der Waals surface area contributed by atoms with Crippen LogP contribution < -0.4 is 15.4 Å². The highest BCUT2D eigenvalue weighted by molar-refractivity contribution is 5.94. The monoisotopic (exact) mass is 577 g/mol. The lowest BCUT2D eigenvalue weighted by Gasteiger charge is -2.42. The van der Waals surface area contributed by atoms with E-state index in [4.69, 9.17) is 4.74 Å². The molecule has 1 aliphatic carbocycles. The van der Waals surface area contributed by atoms with Gasteiger partial charge < -0.3 is 25.4 Å². The average Bonchev–Trinajstić information content (AvgIpc) is 3.03. The topological polar surface area (TPSA) is 108 Å². The number of aromatic carboxylic acids is 1. The molecule has 2 atom stereocenters. The normalized spacial score (nSPS) is 15.6. The van der Waals surface area contributed by atoms with Crippen molar-refractivity contribution in [2.24, 2.45) is 5.92 Å². The molecule has 0 heterocycles. The minimum Gasteiger partial charge on any atom is -0.496 e. The zero-order chi connectivity index (χ0) is 30.2. The van der Waals surface area contributed by atoms with Crippen molar-refractivity contribution in [1.82, 2.24) is 10.2 Å². The van der Waals surface area contributed by atoms with E-state index in [1.807, 2.05) is 65.6 Å². The van der Waals surface area contributed by atoms with E-state index in [-0.39, 0.29) is 30.0 Å². The molecule has 0 spiro atoms. The van der Waals surface area contributed by atoms with E-state index in [0.717, 1.165) is 41.7 Å². The number of aryl methyl sites for hydroxylation is 1. The number of urea groups is 1. The zero-order valence-corrected chi connectivity index (χ0v) is 24.0. The summed E-state index contributed by atoms with van der Waals surface area (Å²) in [5.41, 5.74) is 4.80. The van der Waals surface area contributed by atoms with Gasteiger partial charge in [0.15, 0.2) is 0 Å². The van der Waals surface area contributed by atoms with Gasteiger partial charge in [0.25, 0.3) is 0 Å². The Labute approximate surface area is 251 Å². The summed E-state index contributed by atoms with van der Waals surface area (Å²) in [5.74, 6) is -0.367. The van der Waals surface area contributed by atoms with Gasteiger partial charge in [-0.05, 0) is 71.7 Å². The SMILES string of the molecule is COc1ccccc1C[C@@H]1CCc2ccccc2C1N(Cc1ccccc1)C(=O)CNC(=O)Nc1cccc(C(=O)O)c1. The number of carboxylic acids is 1. The van der Waals surface area contributed by atoms with Gasteiger partial charge in [-0.3, -0.25) is 4.79 Å². The van der Waals surface area contributed by atoms with Crippen LogP contribution in [0.4, 0.5) is 10.5 Å². The highest BCUT2D eigenvalue weighted by atomic mass is 16.5. The minimum absolute atomic E-state index is 0.0555. The Morgan fingerprint density at radius 3 is 2.44 bits per heavy atom. The van der Waals surface area contributed by atoms with Gasteiger partial charge in [0.05, 0.1) is 25.3 Å². The fraction of sp³-hybridized carbons (Fsp3) is 0.229. The molecule has 220 valence electrons. The number of nitrogens with one attached hydrogen (secondary N) is 2. The van der Waals surface area contributed by atoms with Crippen molar-refractivity contribution in [2.75, 3.05) is 19.0 Å². The van der Waals surface area contributed by atoms with E-state index in [0.29, 0.717) is 12.2 Å². The lowest BCUT2D eigenvalue weighted by molar-refractivity contribution is -0.135. The number of fused-ring (bicyclic) bond motifs is 1. The first-order valence-electron chi connectivity index (χ1n) is 14.3. The van der Waals surface area contributed by atoms with Gasteiger partial charge in [0, 0.05) is 12.2 Å². The maximum atomic E-state index is 14.1. The quantitative estimate of drug-likeness (QED) is 0.211. The van der Waals surface area contributed by atoms with Crippen LogP contribution in [0.1, 0.15) is 45.1 Å². The summed E-state index contributed by atoms with van der Waals surface area (Å²) in [5, 5.41) is 14.6. The number of carbonyl (C=O) groups is 3. The standard InChI is InChI=1S/C35H35N3O5/c1-43-31-17-8-6-13-26(31)20-27-19-18-25-12-5-7-16-30(25)33(27)38(23-24-10-3-2-4-11-24)32(39)22-36-35(42)37-29-15-9-14-28(21-29)34(40)41/h2-17,21,27,33H,18-20,22-23H2,1H3,(H,40,41)(H2,36,37,42)/t27-,33?/m0/s1. The Balaban J connectivity index is 1.42. The highest BCUT2D eigenvalue weighted by Crippen LogP contribution is 2.42. The summed E-state index contributed by atoms with van der Waals surface area (Å²) in [6.45, 7) is 0.155. The first-order valence-corrected chi connectivity index (χ1v) is 14.3. The number of nitrogens with zero attached hydrogens (tertiary/aromatic N) is 1. The molecule has 0 saturated carbocycles. The number of benzene rings is 4. The van der Waals surface area contributed by atoms with E-state index < -0.39 is 12.0 Å². The summed E-state index contributed by atoms with van der Waals surface area (Å²) < 4.78 is 5.66. The number of amides is 3. The van der Waals surface area contributed by atoms with Crippen LogP contribution in [-0.2, 0) is 24.2 Å². The van der Waals surface area contributed by atoms with Gasteiger partial charge in [-0.15, -0.1) is 0 Å². The Bertz CT molecular complexity index is 1590. The molecule has 0 bridgehead atoms. The average molecular weight is 578 g/mol. The van der Waals surface area contributed by atoms with E-state index in [1.54, 1.807) is 19.2 Å². The smallest absolute Gasteiger partial charge is 0.335 e. The Kier molecular flexibility index (Phi) is 9.36. The number of methoxy groups -OCH3 is 1. The second-order valence-corrected chi connectivity index (χ2v) is 10.7. The lowest BCUT2D eigenvalue weighted by Crippen LogP contribution is -2.46. The maximum Gasteiger partial charge on any atom is 0.335 e. The van der Waals surface area contributed by atoms with Crippen molar-refractivity contribution in [2.45, 2.75) is 31.8 Å². The number of carbonyl (C=O) groups excluding carboxylic acids is 2. The molecule has 5 rings (SSSR count). The molecule has 1 unspecified atom stereocenters. The lowest BCUT2D eigenvalue weighted by atomic mass is 9.76. The molecule has 4 aromatic rings. The van der Waals surface area contributed by atoms with Crippen LogP contribution in [0, 0.1) is 5.92 Å². The van der Waals surface area contributed by atoms with Crippen LogP contribution in [0.15, 0.2) is 103 Å². The third-order valence-electron chi connectivity index (χ3n) is 7.90. The molecule has 0 radical (unpaired) electrons. The molecule has 0 fully saturated rings. The minimum atomic E-state index is -1.09. The predicted octanol–water partition coefficient (Wildman–Crippen LogP) is 6.09. The van der Waals surface area contributed by atoms with E-state index in [2.05, 4.69) is 28.8 Å². The van der Waals surface area contributed by atoms with Gasteiger partial charge in [-0.25, -0.2) is 9.59 Å². The molecule has 4 aromatic carbocycles. The first kappa shape index (κ1) is 29.4. The van der Waals surface area contributed by atoms with Crippen molar-refractivity contribution >= 4 is 23.6 Å². The van der Waals surface area contributed by atoms with Crippen molar-refractivity contribution < 1.29 is 24.2 Å². The summed E-state index contributed by atoms with van der Waals surface area (Å²) >= 11 is 0. The number of hydrogen-bond acceptors (Lipinski definition) is 4. The Morgan fingerprint density at radius 2 is 1.65 bits per heavy atom. The zero-order valence-electron chi connectivity index (χ0n) is 24.0. The second kappa shape index (κ2) is 13.7. The maximum absolute atomic E-state index is 14.1. The van der Waals surface area contributed by atoms with Gasteiger partial charge in [0.2, 0.25) is 5.91 Å². The van der Waals surface area contributed by atoms with Crippen LogP contribution in [-0.4, -0.2) is 41.6 Å². The number of rotatable bonds is 10. The number of ether oxygens (including phenoxy) is 1. The molecule has 8 heteroatoms. The molecular formula is C35H35N3O5. The Morgan fingerprint density at radius 1 is 0.907 bits per heavy atom. The summed E-state index contributed by atoms with van der Waals surface area (Å²) in [6.07, 6.45) is 2.54. The van der Waals surface area contributed by atoms with E-state index in [9.17, 15) is 19.5 Å². The third kappa shape index (κ3) is 7.22. The van der Waals surface area contributed by atoms with Crippen molar-refractivity contribution in [3.05, 3.63) is 131 Å². The fourth-order valence-electron chi connectivity index (χ4n) is 5.88. The molecule has 3 N–H and O–H groups in total. The number of carboxylic acid groups (broad SMARTS) is 1. The summed E-state index contributed by atoms with van der Waals surface area (Å²) in [6, 6.07) is 31.3. The molecule has 43 heavy (non-hydrogen) atoms. The van der Waals surface area contributed by atoms with E-state index in [1.165, 1.54) is 17.7 Å². The van der Waals surface area contributed by atoms with Gasteiger partial charge in [0.1, 0.15) is 5.75 Å². The highest BCUT2D eigenvalue weighted by Gasteiger charge is 2.36. The number of anilines is 1. The van der Waals surface area contributed by atoms with Gasteiger partial charge >= 0.3 is 12.0 Å². The van der Waals surface area contributed by atoms with Crippen LogP contribution >= 0.6 is 0 Å².